The third-order valence-corrected chi connectivity index (χ3v) is 4.00. The molecule has 0 N–H and O–H groups in total. The van der Waals surface area contributed by atoms with E-state index in [0.717, 1.165) is 51.0 Å². The van der Waals surface area contributed by atoms with Crippen molar-refractivity contribution in [2.24, 2.45) is 0 Å². The lowest BCUT2D eigenvalue weighted by atomic mass is 10.3. The minimum Gasteiger partial charge on any atom is -0.491 e. The van der Waals surface area contributed by atoms with Crippen LogP contribution in [-0.2, 0) is 4.74 Å². The summed E-state index contributed by atoms with van der Waals surface area (Å²) in [4.78, 5) is 13.3. The van der Waals surface area contributed by atoms with E-state index < -0.39 is 0 Å². The molecule has 0 saturated carbocycles. The van der Waals surface area contributed by atoms with E-state index in [4.69, 9.17) is 9.47 Å². The van der Waals surface area contributed by atoms with Crippen LogP contribution in [-0.4, -0.2) is 67.4 Å². The van der Waals surface area contributed by atoms with E-state index in [-0.39, 0.29) is 0 Å². The standard InChI is InChI=1S/C18H24N4O2/c1-2-5-17(6-3-1)24-16-15-23-14-13-21-9-11-22(12-10-21)18-19-7-4-8-20-18/h1-8H,9-16H2. The summed E-state index contributed by atoms with van der Waals surface area (Å²) in [5.74, 6) is 1.71. The Morgan fingerprint density at radius 3 is 2.33 bits per heavy atom. The number of hydrogen-bond acceptors (Lipinski definition) is 6. The zero-order valence-corrected chi connectivity index (χ0v) is 13.9. The summed E-state index contributed by atoms with van der Waals surface area (Å²) in [5, 5.41) is 0. The van der Waals surface area contributed by atoms with E-state index in [9.17, 15) is 0 Å². The molecular formula is C18H24N4O2. The molecule has 1 aromatic heterocycles. The summed E-state index contributed by atoms with van der Waals surface area (Å²) in [7, 11) is 0. The lowest BCUT2D eigenvalue weighted by Gasteiger charge is -2.34. The highest BCUT2D eigenvalue weighted by Crippen LogP contribution is 2.09. The van der Waals surface area contributed by atoms with Gasteiger partial charge in [0.1, 0.15) is 12.4 Å². The molecule has 0 aliphatic carbocycles. The average molecular weight is 328 g/mol. The van der Waals surface area contributed by atoms with E-state index in [1.54, 1.807) is 12.4 Å². The van der Waals surface area contributed by atoms with Gasteiger partial charge in [-0.2, -0.15) is 0 Å². The Hall–Kier alpha value is -2.18. The van der Waals surface area contributed by atoms with Gasteiger partial charge in [-0.1, -0.05) is 18.2 Å². The first kappa shape index (κ1) is 16.7. The summed E-state index contributed by atoms with van der Waals surface area (Å²) >= 11 is 0. The van der Waals surface area contributed by atoms with Crippen molar-refractivity contribution in [3.63, 3.8) is 0 Å². The van der Waals surface area contributed by atoms with Crippen LogP contribution >= 0.6 is 0 Å². The first-order valence-electron chi connectivity index (χ1n) is 8.42. The smallest absolute Gasteiger partial charge is 0.225 e. The molecule has 24 heavy (non-hydrogen) atoms. The highest BCUT2D eigenvalue weighted by Gasteiger charge is 2.18. The molecule has 0 atom stereocenters. The van der Waals surface area contributed by atoms with E-state index >= 15 is 0 Å². The van der Waals surface area contributed by atoms with Crippen molar-refractivity contribution in [3.8, 4) is 5.75 Å². The monoisotopic (exact) mass is 328 g/mol. The minimum absolute atomic E-state index is 0.586. The molecule has 3 rings (SSSR count). The van der Waals surface area contributed by atoms with Crippen molar-refractivity contribution < 1.29 is 9.47 Å². The fraction of sp³-hybridized carbons (Fsp3) is 0.444. The van der Waals surface area contributed by atoms with Crippen molar-refractivity contribution >= 4 is 5.95 Å². The van der Waals surface area contributed by atoms with Crippen LogP contribution in [0.25, 0.3) is 0 Å². The average Bonchev–Trinajstić information content (AvgIpc) is 2.67. The minimum atomic E-state index is 0.586. The molecule has 0 spiro atoms. The molecule has 1 aliphatic rings. The molecule has 1 aromatic carbocycles. The number of anilines is 1. The van der Waals surface area contributed by atoms with Gasteiger partial charge < -0.3 is 14.4 Å². The number of benzene rings is 1. The Labute approximate surface area is 143 Å². The van der Waals surface area contributed by atoms with Gasteiger partial charge in [0.25, 0.3) is 0 Å². The van der Waals surface area contributed by atoms with Gasteiger partial charge in [-0.3, -0.25) is 4.90 Å². The van der Waals surface area contributed by atoms with Gasteiger partial charge in [0.05, 0.1) is 13.2 Å². The molecule has 128 valence electrons. The van der Waals surface area contributed by atoms with Gasteiger partial charge in [0, 0.05) is 45.1 Å². The van der Waals surface area contributed by atoms with Crippen molar-refractivity contribution in [3.05, 3.63) is 48.8 Å². The zero-order valence-electron chi connectivity index (χ0n) is 13.9. The number of para-hydroxylation sites is 1. The van der Waals surface area contributed by atoms with Crippen LogP contribution in [0.1, 0.15) is 0 Å². The Kier molecular flexibility index (Phi) is 6.39. The summed E-state index contributed by atoms with van der Waals surface area (Å²) in [6, 6.07) is 11.7. The molecule has 0 bridgehead atoms. The summed E-state index contributed by atoms with van der Waals surface area (Å²) in [5.41, 5.74) is 0. The van der Waals surface area contributed by atoms with Crippen LogP contribution < -0.4 is 9.64 Å². The largest absolute Gasteiger partial charge is 0.491 e. The molecule has 1 fully saturated rings. The second-order valence-corrected chi connectivity index (χ2v) is 5.65. The van der Waals surface area contributed by atoms with E-state index in [0.29, 0.717) is 13.2 Å². The molecule has 2 aromatic rings. The highest BCUT2D eigenvalue weighted by molar-refractivity contribution is 5.29. The molecule has 0 unspecified atom stereocenters. The summed E-state index contributed by atoms with van der Waals surface area (Å²) < 4.78 is 11.3. The maximum Gasteiger partial charge on any atom is 0.225 e. The quantitative estimate of drug-likeness (QED) is 0.688. The molecule has 6 heteroatoms. The maximum atomic E-state index is 5.66. The Morgan fingerprint density at radius 1 is 0.833 bits per heavy atom. The van der Waals surface area contributed by atoms with Crippen LogP contribution in [0.4, 0.5) is 5.95 Å². The van der Waals surface area contributed by atoms with Gasteiger partial charge in [0.15, 0.2) is 0 Å². The van der Waals surface area contributed by atoms with Gasteiger partial charge in [-0.25, -0.2) is 9.97 Å². The SMILES string of the molecule is c1ccc(OCCOCCN2CCN(c3ncccn3)CC2)cc1. The zero-order chi connectivity index (χ0) is 16.5. The third kappa shape index (κ3) is 5.18. The maximum absolute atomic E-state index is 5.66. The summed E-state index contributed by atoms with van der Waals surface area (Å²) in [6.07, 6.45) is 3.58. The van der Waals surface area contributed by atoms with E-state index in [1.807, 2.05) is 36.4 Å². The normalized spacial score (nSPS) is 15.4. The fourth-order valence-corrected chi connectivity index (χ4v) is 2.66. The molecule has 2 heterocycles. The van der Waals surface area contributed by atoms with Gasteiger partial charge in [-0.15, -0.1) is 0 Å². The molecule has 1 aliphatic heterocycles. The number of piperazine rings is 1. The van der Waals surface area contributed by atoms with Crippen molar-refractivity contribution in [1.82, 2.24) is 14.9 Å². The van der Waals surface area contributed by atoms with Crippen LogP contribution in [0, 0.1) is 0 Å². The number of hydrogen-bond donors (Lipinski definition) is 0. The number of ether oxygens (including phenoxy) is 2. The second kappa shape index (κ2) is 9.20. The highest BCUT2D eigenvalue weighted by atomic mass is 16.5. The first-order valence-corrected chi connectivity index (χ1v) is 8.42. The Balaban J connectivity index is 1.25. The number of aromatic nitrogens is 2. The first-order chi connectivity index (χ1) is 11.9. The fourth-order valence-electron chi connectivity index (χ4n) is 2.66. The van der Waals surface area contributed by atoms with Crippen LogP contribution in [0.2, 0.25) is 0 Å². The number of nitrogens with zero attached hydrogens (tertiary/aromatic N) is 4. The Morgan fingerprint density at radius 2 is 1.58 bits per heavy atom. The van der Waals surface area contributed by atoms with Crippen molar-refractivity contribution in [2.75, 3.05) is 57.4 Å². The van der Waals surface area contributed by atoms with Crippen LogP contribution in [0.3, 0.4) is 0 Å². The Bertz CT molecular complexity index is 574. The van der Waals surface area contributed by atoms with Crippen molar-refractivity contribution in [2.45, 2.75) is 0 Å². The van der Waals surface area contributed by atoms with Gasteiger partial charge in [0.2, 0.25) is 5.95 Å². The van der Waals surface area contributed by atoms with E-state index in [2.05, 4.69) is 19.8 Å². The predicted octanol–water partition coefficient (Wildman–Crippen LogP) is 1.69. The lowest BCUT2D eigenvalue weighted by Crippen LogP contribution is -2.47. The predicted molar refractivity (Wildman–Crippen MR) is 93.4 cm³/mol. The van der Waals surface area contributed by atoms with E-state index in [1.165, 1.54) is 0 Å². The van der Waals surface area contributed by atoms with Gasteiger partial charge in [-0.05, 0) is 18.2 Å². The van der Waals surface area contributed by atoms with Gasteiger partial charge >= 0.3 is 0 Å². The molecule has 0 radical (unpaired) electrons. The van der Waals surface area contributed by atoms with Crippen LogP contribution in [0.15, 0.2) is 48.8 Å². The molecule has 6 nitrogen and oxygen atoms in total. The molecular weight excluding hydrogens is 304 g/mol. The third-order valence-electron chi connectivity index (χ3n) is 4.00. The second-order valence-electron chi connectivity index (χ2n) is 5.65. The van der Waals surface area contributed by atoms with Crippen molar-refractivity contribution in [1.29, 1.82) is 0 Å². The summed E-state index contributed by atoms with van der Waals surface area (Å²) in [6.45, 7) is 6.84. The lowest BCUT2D eigenvalue weighted by molar-refractivity contribution is 0.0782. The molecule has 1 saturated heterocycles. The number of rotatable bonds is 8. The topological polar surface area (TPSA) is 50.7 Å². The van der Waals surface area contributed by atoms with Crippen LogP contribution in [0.5, 0.6) is 5.75 Å². The molecule has 0 amide bonds.